The van der Waals surface area contributed by atoms with Gasteiger partial charge in [0.2, 0.25) is 0 Å². The second-order valence-corrected chi connectivity index (χ2v) is 7.30. The number of aromatic nitrogens is 3. The number of rotatable bonds is 5. The maximum absolute atomic E-state index is 14.2. The summed E-state index contributed by atoms with van der Waals surface area (Å²) in [6.45, 7) is 3.19. The SMILES string of the molecule is CC(C)Oc1cc(F)c(C(=O)O)cc1Cn1c(=O)[nH]c(=O)c2c3cc(F)ccc3[nH]c21. The highest BCUT2D eigenvalue weighted by Crippen LogP contribution is 2.27. The Labute approximate surface area is 172 Å². The van der Waals surface area contributed by atoms with Crippen LogP contribution >= 0.6 is 0 Å². The van der Waals surface area contributed by atoms with Crippen molar-refractivity contribution in [2.24, 2.45) is 0 Å². The van der Waals surface area contributed by atoms with Crippen LogP contribution in [0.2, 0.25) is 0 Å². The molecule has 0 aliphatic heterocycles. The van der Waals surface area contributed by atoms with Crippen LogP contribution in [0.15, 0.2) is 39.9 Å². The fraction of sp³-hybridized carbons (Fsp3) is 0.190. The quantitative estimate of drug-likeness (QED) is 0.451. The van der Waals surface area contributed by atoms with Gasteiger partial charge in [0.05, 0.1) is 23.6 Å². The standard InChI is InChI=1S/C21H17F2N3O5/c1-9(2)31-16-7-14(23)12(20(28)29)5-10(16)8-26-18-17(19(27)25-21(26)30)13-6-11(22)3-4-15(13)24-18/h3-7,9,24H,8H2,1-2H3,(H,28,29)(H,25,27,30). The van der Waals surface area contributed by atoms with Gasteiger partial charge in [-0.15, -0.1) is 0 Å². The van der Waals surface area contributed by atoms with Gasteiger partial charge in [-0.1, -0.05) is 0 Å². The highest BCUT2D eigenvalue weighted by atomic mass is 19.1. The zero-order chi connectivity index (χ0) is 22.4. The van der Waals surface area contributed by atoms with E-state index >= 15 is 0 Å². The van der Waals surface area contributed by atoms with Gasteiger partial charge in [-0.05, 0) is 38.1 Å². The summed E-state index contributed by atoms with van der Waals surface area (Å²) >= 11 is 0. The molecule has 31 heavy (non-hydrogen) atoms. The molecule has 0 aliphatic carbocycles. The molecule has 2 aromatic carbocycles. The summed E-state index contributed by atoms with van der Waals surface area (Å²) in [6.07, 6.45) is -0.350. The van der Waals surface area contributed by atoms with Crippen LogP contribution in [0, 0.1) is 11.6 Å². The third-order valence-corrected chi connectivity index (χ3v) is 4.78. The highest BCUT2D eigenvalue weighted by Gasteiger charge is 2.20. The second kappa shape index (κ2) is 7.38. The smallest absolute Gasteiger partial charge is 0.338 e. The van der Waals surface area contributed by atoms with Crippen LogP contribution in [0.3, 0.4) is 0 Å². The lowest BCUT2D eigenvalue weighted by Gasteiger charge is -2.16. The molecule has 0 atom stereocenters. The Morgan fingerprint density at radius 1 is 1.16 bits per heavy atom. The predicted octanol–water partition coefficient (Wildman–Crippen LogP) is 2.98. The lowest BCUT2D eigenvalue weighted by atomic mass is 10.1. The van der Waals surface area contributed by atoms with Crippen LogP contribution in [0.4, 0.5) is 8.78 Å². The van der Waals surface area contributed by atoms with Crippen LogP contribution in [-0.4, -0.2) is 31.7 Å². The van der Waals surface area contributed by atoms with Crippen molar-refractivity contribution in [3.8, 4) is 5.75 Å². The van der Waals surface area contributed by atoms with Crippen molar-refractivity contribution in [3.63, 3.8) is 0 Å². The molecule has 0 unspecified atom stereocenters. The van der Waals surface area contributed by atoms with E-state index in [0.717, 1.165) is 16.7 Å². The maximum atomic E-state index is 14.2. The van der Waals surface area contributed by atoms with Gasteiger partial charge in [0.25, 0.3) is 5.56 Å². The second-order valence-electron chi connectivity index (χ2n) is 7.30. The molecular formula is C21H17F2N3O5. The molecule has 2 aromatic heterocycles. The average molecular weight is 429 g/mol. The number of halogens is 2. The summed E-state index contributed by atoms with van der Waals surface area (Å²) in [6, 6.07) is 5.86. The van der Waals surface area contributed by atoms with E-state index in [1.54, 1.807) is 13.8 Å². The number of benzene rings is 2. The van der Waals surface area contributed by atoms with Crippen LogP contribution in [0.1, 0.15) is 29.8 Å². The van der Waals surface area contributed by atoms with Crippen molar-refractivity contribution >= 4 is 27.9 Å². The lowest BCUT2D eigenvalue weighted by molar-refractivity contribution is 0.0691. The van der Waals surface area contributed by atoms with Crippen LogP contribution < -0.4 is 16.0 Å². The van der Waals surface area contributed by atoms with Crippen molar-refractivity contribution in [3.05, 3.63) is 73.9 Å². The third-order valence-electron chi connectivity index (χ3n) is 4.78. The van der Waals surface area contributed by atoms with Crippen LogP contribution in [0.5, 0.6) is 5.75 Å². The molecule has 0 saturated carbocycles. The number of aromatic carboxylic acids is 1. The summed E-state index contributed by atoms with van der Waals surface area (Å²) < 4.78 is 34.7. The van der Waals surface area contributed by atoms with E-state index in [9.17, 15) is 28.3 Å². The summed E-state index contributed by atoms with van der Waals surface area (Å²) in [5.41, 5.74) is -1.29. The zero-order valence-corrected chi connectivity index (χ0v) is 16.5. The molecule has 0 saturated heterocycles. The number of nitrogens with zero attached hydrogens (tertiary/aromatic N) is 1. The number of carboxylic acids is 1. The Morgan fingerprint density at radius 2 is 1.90 bits per heavy atom. The minimum atomic E-state index is -1.48. The van der Waals surface area contributed by atoms with E-state index < -0.39 is 34.4 Å². The fourth-order valence-electron chi connectivity index (χ4n) is 3.48. The van der Waals surface area contributed by atoms with E-state index in [4.69, 9.17) is 4.74 Å². The van der Waals surface area contributed by atoms with Gasteiger partial charge >= 0.3 is 11.7 Å². The number of carboxylic acid groups (broad SMARTS) is 1. The first kappa shape index (κ1) is 20.3. The van der Waals surface area contributed by atoms with E-state index in [-0.39, 0.29) is 40.4 Å². The molecule has 4 aromatic rings. The molecular weight excluding hydrogens is 412 g/mol. The third kappa shape index (κ3) is 3.56. The van der Waals surface area contributed by atoms with E-state index in [1.807, 2.05) is 0 Å². The number of hydrogen-bond donors (Lipinski definition) is 3. The first-order valence-electron chi connectivity index (χ1n) is 9.32. The Kier molecular flexibility index (Phi) is 4.84. The van der Waals surface area contributed by atoms with Crippen molar-refractivity contribution in [1.29, 1.82) is 0 Å². The highest BCUT2D eigenvalue weighted by molar-refractivity contribution is 6.05. The van der Waals surface area contributed by atoms with E-state index in [0.29, 0.717) is 5.52 Å². The van der Waals surface area contributed by atoms with Gasteiger partial charge in [0, 0.05) is 22.5 Å². The number of aromatic amines is 2. The monoisotopic (exact) mass is 429 g/mol. The Hall–Kier alpha value is -3.95. The fourth-order valence-corrected chi connectivity index (χ4v) is 3.48. The van der Waals surface area contributed by atoms with Crippen molar-refractivity contribution in [2.75, 3.05) is 0 Å². The first-order chi connectivity index (χ1) is 14.7. The van der Waals surface area contributed by atoms with Gasteiger partial charge in [0.1, 0.15) is 23.0 Å². The Balaban J connectivity index is 1.98. The summed E-state index contributed by atoms with van der Waals surface area (Å²) in [7, 11) is 0. The molecule has 3 N–H and O–H groups in total. The maximum Gasteiger partial charge on any atom is 0.338 e. The van der Waals surface area contributed by atoms with E-state index in [2.05, 4.69) is 9.97 Å². The van der Waals surface area contributed by atoms with Crippen LogP contribution in [-0.2, 0) is 6.54 Å². The van der Waals surface area contributed by atoms with Gasteiger partial charge in [0.15, 0.2) is 0 Å². The topological polar surface area (TPSA) is 117 Å². The number of fused-ring (bicyclic) bond motifs is 3. The minimum Gasteiger partial charge on any atom is -0.491 e. The number of nitrogens with one attached hydrogen (secondary N) is 2. The lowest BCUT2D eigenvalue weighted by Crippen LogP contribution is -2.30. The normalized spacial score (nSPS) is 11.5. The zero-order valence-electron chi connectivity index (χ0n) is 16.5. The summed E-state index contributed by atoms with van der Waals surface area (Å²) in [5, 5.41) is 9.63. The molecule has 8 nitrogen and oxygen atoms in total. The molecule has 0 spiro atoms. The van der Waals surface area contributed by atoms with Crippen molar-refractivity contribution in [2.45, 2.75) is 26.5 Å². The summed E-state index contributed by atoms with van der Waals surface area (Å²) in [4.78, 5) is 41.5. The van der Waals surface area contributed by atoms with Crippen molar-refractivity contribution in [1.82, 2.24) is 14.5 Å². The number of hydrogen-bond acceptors (Lipinski definition) is 4. The minimum absolute atomic E-state index is 0.0610. The van der Waals surface area contributed by atoms with Gasteiger partial charge in [-0.2, -0.15) is 0 Å². The molecule has 10 heteroatoms. The molecule has 0 fully saturated rings. The largest absolute Gasteiger partial charge is 0.491 e. The van der Waals surface area contributed by atoms with Gasteiger partial charge < -0.3 is 14.8 Å². The average Bonchev–Trinajstić information content (AvgIpc) is 3.04. The van der Waals surface area contributed by atoms with Gasteiger partial charge in [-0.3, -0.25) is 14.3 Å². The predicted molar refractivity (Wildman–Crippen MR) is 109 cm³/mol. The molecule has 4 rings (SSSR count). The Bertz CT molecular complexity index is 1470. The Morgan fingerprint density at radius 3 is 2.58 bits per heavy atom. The van der Waals surface area contributed by atoms with Crippen molar-refractivity contribution < 1.29 is 23.4 Å². The molecule has 2 heterocycles. The number of ether oxygens (including phenoxy) is 1. The number of carbonyl (C=O) groups is 1. The summed E-state index contributed by atoms with van der Waals surface area (Å²) in [5.74, 6) is -2.95. The van der Waals surface area contributed by atoms with E-state index in [1.165, 1.54) is 18.2 Å². The molecule has 0 amide bonds. The molecule has 160 valence electrons. The first-order valence-corrected chi connectivity index (χ1v) is 9.32. The molecule has 0 radical (unpaired) electrons. The van der Waals surface area contributed by atoms with Crippen LogP contribution in [0.25, 0.3) is 21.9 Å². The number of H-pyrrole nitrogens is 2. The molecule has 0 aliphatic rings. The molecule has 0 bridgehead atoms. The van der Waals surface area contributed by atoms with Gasteiger partial charge in [-0.25, -0.2) is 18.4 Å².